The van der Waals surface area contributed by atoms with Gasteiger partial charge in [0.15, 0.2) is 11.1 Å². The smallest absolute Gasteiger partial charge is 0.332 e. The molecule has 28 heavy (non-hydrogen) atoms. The molecular weight excluding hydrogens is 370 g/mol. The van der Waals surface area contributed by atoms with Crippen molar-refractivity contribution < 1.29 is 9.34 Å². The zero-order valence-electron chi connectivity index (χ0n) is 15.0. The molecule has 0 N–H and O–H groups in total. The fourth-order valence-electron chi connectivity index (χ4n) is 3.16. The van der Waals surface area contributed by atoms with Crippen LogP contribution in [0, 0.1) is 10.1 Å². The van der Waals surface area contributed by atoms with E-state index in [2.05, 4.69) is 4.98 Å². The van der Waals surface area contributed by atoms with E-state index in [4.69, 9.17) is 4.42 Å². The number of benzene rings is 1. The van der Waals surface area contributed by atoms with Crippen molar-refractivity contribution in [2.45, 2.75) is 0 Å². The van der Waals surface area contributed by atoms with Crippen molar-refractivity contribution >= 4 is 27.8 Å². The van der Waals surface area contributed by atoms with Crippen LogP contribution in [0.4, 0.5) is 5.69 Å². The second-order valence-corrected chi connectivity index (χ2v) is 6.27. The van der Waals surface area contributed by atoms with Gasteiger partial charge in [-0.25, -0.2) is 9.78 Å². The number of nitrogens with zero attached hydrogens (tertiary/aromatic N) is 5. The van der Waals surface area contributed by atoms with Gasteiger partial charge >= 0.3 is 5.69 Å². The predicted molar refractivity (Wildman–Crippen MR) is 99.3 cm³/mol. The Bertz CT molecular complexity index is 1470. The second-order valence-electron chi connectivity index (χ2n) is 6.27. The molecule has 0 aliphatic carbocycles. The molecule has 11 nitrogen and oxygen atoms in total. The summed E-state index contributed by atoms with van der Waals surface area (Å²) in [5, 5.41) is 10.8. The van der Waals surface area contributed by atoms with Gasteiger partial charge in [-0.05, 0) is 12.1 Å². The molecule has 0 aliphatic heterocycles. The van der Waals surface area contributed by atoms with Crippen LogP contribution in [0.3, 0.4) is 0 Å². The number of rotatable bonds is 2. The number of non-ortho nitro benzene ring substituents is 1. The molecule has 0 fully saturated rings. The van der Waals surface area contributed by atoms with Crippen LogP contribution in [0.15, 0.2) is 43.1 Å². The Morgan fingerprint density at radius 2 is 1.61 bits per heavy atom. The zero-order valence-corrected chi connectivity index (χ0v) is 15.0. The van der Waals surface area contributed by atoms with Gasteiger partial charge in [0.05, 0.1) is 4.92 Å². The third-order valence-electron chi connectivity index (χ3n) is 4.64. The fraction of sp³-hybridized carbons (Fsp3) is 0.176. The van der Waals surface area contributed by atoms with E-state index in [0.29, 0.717) is 5.56 Å². The summed E-state index contributed by atoms with van der Waals surface area (Å²) in [5.41, 5.74) is -1.45. The maximum Gasteiger partial charge on any atom is 0.332 e. The summed E-state index contributed by atoms with van der Waals surface area (Å²) in [6, 6.07) is 5.43. The summed E-state index contributed by atoms with van der Waals surface area (Å²) in [7, 11) is 4.21. The maximum absolute atomic E-state index is 12.7. The van der Waals surface area contributed by atoms with E-state index in [9.17, 15) is 24.5 Å². The lowest BCUT2D eigenvalue weighted by atomic mass is 10.2. The second kappa shape index (κ2) is 5.74. The van der Waals surface area contributed by atoms with Crippen LogP contribution in [0.25, 0.3) is 33.6 Å². The maximum atomic E-state index is 12.7. The molecule has 4 aromatic rings. The van der Waals surface area contributed by atoms with Crippen LogP contribution in [-0.2, 0) is 21.1 Å². The number of aryl methyl sites for hydroxylation is 2. The van der Waals surface area contributed by atoms with Gasteiger partial charge in [-0.1, -0.05) is 0 Å². The summed E-state index contributed by atoms with van der Waals surface area (Å²) in [6.45, 7) is 0. The minimum atomic E-state index is -0.620. The SMILES string of the molecule is Cn1c(=O)c2c3oc(-c4ccc([N+](=O)[O-])cc4)nc3c(=O)n(C)c2n(C)c1=O. The van der Waals surface area contributed by atoms with Crippen molar-refractivity contribution in [1.29, 1.82) is 0 Å². The molecule has 11 heteroatoms. The number of nitro groups is 1. The Hall–Kier alpha value is -4.02. The molecule has 0 atom stereocenters. The molecule has 1 aromatic carbocycles. The minimum Gasteiger partial charge on any atom is -0.435 e. The Kier molecular flexibility index (Phi) is 3.57. The van der Waals surface area contributed by atoms with E-state index in [1.54, 1.807) is 0 Å². The molecule has 0 bridgehead atoms. The standard InChI is InChI=1S/C17H13N5O6/c1-19-14-10(15(23)21(3)17(25)20(14)2)12-11(16(19)24)18-13(28-12)8-4-6-9(7-5-8)22(26)27/h4-7H,1-3H3. The van der Waals surface area contributed by atoms with Crippen molar-refractivity contribution in [3.63, 3.8) is 0 Å². The van der Waals surface area contributed by atoms with Gasteiger partial charge in [-0.2, -0.15) is 0 Å². The first kappa shape index (κ1) is 17.4. The quantitative estimate of drug-likeness (QED) is 0.366. The van der Waals surface area contributed by atoms with Crippen molar-refractivity contribution in [3.05, 3.63) is 65.6 Å². The molecule has 0 spiro atoms. The van der Waals surface area contributed by atoms with E-state index in [0.717, 1.165) is 4.57 Å². The summed E-state index contributed by atoms with van der Waals surface area (Å²) < 4.78 is 8.98. The number of pyridine rings is 1. The highest BCUT2D eigenvalue weighted by Gasteiger charge is 2.22. The fourth-order valence-corrected chi connectivity index (χ4v) is 3.16. The molecule has 0 unspecified atom stereocenters. The molecule has 142 valence electrons. The molecule has 4 rings (SSSR count). The summed E-state index contributed by atoms with van der Waals surface area (Å²) >= 11 is 0. The number of hydrogen-bond acceptors (Lipinski definition) is 7. The number of aromatic nitrogens is 4. The number of oxazole rings is 1. The lowest BCUT2D eigenvalue weighted by Crippen LogP contribution is -2.39. The molecule has 0 saturated carbocycles. The summed E-state index contributed by atoms with van der Waals surface area (Å²) in [6.07, 6.45) is 0. The van der Waals surface area contributed by atoms with Crippen molar-refractivity contribution in [1.82, 2.24) is 18.7 Å². The number of nitro benzene ring substituents is 1. The van der Waals surface area contributed by atoms with E-state index < -0.39 is 21.7 Å². The van der Waals surface area contributed by atoms with Crippen LogP contribution in [-0.4, -0.2) is 23.6 Å². The molecule has 0 aliphatic rings. The first-order valence-corrected chi connectivity index (χ1v) is 8.06. The van der Waals surface area contributed by atoms with Crippen LogP contribution in [0.1, 0.15) is 0 Å². The van der Waals surface area contributed by atoms with Gasteiger partial charge < -0.3 is 4.42 Å². The van der Waals surface area contributed by atoms with E-state index in [1.807, 2.05) is 0 Å². The van der Waals surface area contributed by atoms with Gasteiger partial charge in [0.1, 0.15) is 11.0 Å². The van der Waals surface area contributed by atoms with E-state index in [1.165, 1.54) is 54.5 Å². The van der Waals surface area contributed by atoms with Crippen LogP contribution < -0.4 is 16.8 Å². The molecule has 3 aromatic heterocycles. The molecule has 3 heterocycles. The average molecular weight is 383 g/mol. The van der Waals surface area contributed by atoms with Crippen LogP contribution in [0.2, 0.25) is 0 Å². The van der Waals surface area contributed by atoms with Crippen LogP contribution in [0.5, 0.6) is 0 Å². The zero-order chi connectivity index (χ0) is 20.3. The van der Waals surface area contributed by atoms with Gasteiger partial charge in [0.2, 0.25) is 5.89 Å². The van der Waals surface area contributed by atoms with E-state index in [-0.39, 0.29) is 33.7 Å². The Balaban J connectivity index is 2.13. The first-order valence-electron chi connectivity index (χ1n) is 8.06. The number of hydrogen-bond donors (Lipinski definition) is 0. The molecule has 0 amide bonds. The van der Waals surface area contributed by atoms with Crippen LogP contribution >= 0.6 is 0 Å². The van der Waals surface area contributed by atoms with Gasteiger partial charge in [-0.15, -0.1) is 0 Å². The highest BCUT2D eigenvalue weighted by Crippen LogP contribution is 2.27. The first-order chi connectivity index (χ1) is 13.2. The summed E-state index contributed by atoms with van der Waals surface area (Å²) in [4.78, 5) is 52.1. The van der Waals surface area contributed by atoms with Gasteiger partial charge in [0, 0.05) is 38.8 Å². The monoisotopic (exact) mass is 383 g/mol. The average Bonchev–Trinajstić information content (AvgIpc) is 3.12. The lowest BCUT2D eigenvalue weighted by molar-refractivity contribution is -0.384. The molecular formula is C17H13N5O6. The third-order valence-corrected chi connectivity index (χ3v) is 4.64. The largest absolute Gasteiger partial charge is 0.435 e. The topological polar surface area (TPSA) is 135 Å². The summed E-state index contributed by atoms with van der Waals surface area (Å²) in [5.74, 6) is 0.0328. The lowest BCUT2D eigenvalue weighted by Gasteiger charge is -2.10. The Morgan fingerprint density at radius 3 is 2.21 bits per heavy atom. The Labute approximate surface area is 154 Å². The molecule has 0 saturated heterocycles. The van der Waals surface area contributed by atoms with Gasteiger partial charge in [-0.3, -0.25) is 33.4 Å². The Morgan fingerprint density at radius 1 is 0.964 bits per heavy atom. The highest BCUT2D eigenvalue weighted by molar-refractivity contribution is 5.99. The third kappa shape index (κ3) is 2.22. The van der Waals surface area contributed by atoms with E-state index >= 15 is 0 Å². The highest BCUT2D eigenvalue weighted by atomic mass is 16.6. The van der Waals surface area contributed by atoms with Crippen molar-refractivity contribution in [2.75, 3.05) is 0 Å². The normalized spacial score (nSPS) is 11.4. The van der Waals surface area contributed by atoms with Crippen molar-refractivity contribution in [2.24, 2.45) is 21.1 Å². The number of fused-ring (bicyclic) bond motifs is 3. The van der Waals surface area contributed by atoms with Gasteiger partial charge in [0.25, 0.3) is 16.8 Å². The predicted octanol–water partition coefficient (Wildman–Crippen LogP) is 0.652. The minimum absolute atomic E-state index is 0.0328. The van der Waals surface area contributed by atoms with Crippen molar-refractivity contribution in [3.8, 4) is 11.5 Å². The molecule has 0 radical (unpaired) electrons.